The van der Waals surface area contributed by atoms with Gasteiger partial charge in [0.2, 0.25) is 5.91 Å². The molecule has 6 nitrogen and oxygen atoms in total. The Morgan fingerprint density at radius 3 is 2.90 bits per heavy atom. The summed E-state index contributed by atoms with van der Waals surface area (Å²) in [6.07, 6.45) is -0.00431. The van der Waals surface area contributed by atoms with Crippen LogP contribution in [-0.4, -0.2) is 23.9 Å². The molecular formula is C13H12FN3O3S. The summed E-state index contributed by atoms with van der Waals surface area (Å²) in [6, 6.07) is 3.64. The number of hydrogen-bond donors (Lipinski definition) is 2. The molecule has 0 aliphatic rings. The van der Waals surface area contributed by atoms with Gasteiger partial charge in [-0.1, -0.05) is 0 Å². The van der Waals surface area contributed by atoms with Crippen LogP contribution in [-0.2, 0) is 11.2 Å². The summed E-state index contributed by atoms with van der Waals surface area (Å²) < 4.78 is 18.2. The fourth-order valence-electron chi connectivity index (χ4n) is 1.65. The van der Waals surface area contributed by atoms with Gasteiger partial charge >= 0.3 is 0 Å². The smallest absolute Gasteiger partial charge is 0.261 e. The lowest BCUT2D eigenvalue weighted by Gasteiger charge is -2.07. The zero-order valence-corrected chi connectivity index (χ0v) is 11.9. The molecule has 0 unspecified atom stereocenters. The monoisotopic (exact) mass is 309 g/mol. The van der Waals surface area contributed by atoms with E-state index in [1.165, 1.54) is 19.2 Å². The number of amides is 2. The van der Waals surface area contributed by atoms with Crippen molar-refractivity contribution < 1.29 is 18.7 Å². The third-order valence-electron chi connectivity index (χ3n) is 2.53. The molecule has 0 spiro atoms. The Kier molecular flexibility index (Phi) is 4.49. The number of rotatable bonds is 5. The summed E-state index contributed by atoms with van der Waals surface area (Å²) in [5.41, 5.74) is 5.59. The molecule has 2 amide bonds. The summed E-state index contributed by atoms with van der Waals surface area (Å²) in [4.78, 5) is 26.9. The molecule has 1 aromatic heterocycles. The SMILES string of the molecule is COc1ccc(F)cc1C(=O)Nc1nc(CC(N)=O)cs1. The van der Waals surface area contributed by atoms with Gasteiger partial charge < -0.3 is 10.5 Å². The quantitative estimate of drug-likeness (QED) is 0.876. The molecule has 0 bridgehead atoms. The molecule has 0 aliphatic heterocycles. The fraction of sp³-hybridized carbons (Fsp3) is 0.154. The molecule has 0 aliphatic carbocycles. The molecule has 8 heteroatoms. The van der Waals surface area contributed by atoms with Gasteiger partial charge in [-0.05, 0) is 18.2 Å². The first kappa shape index (κ1) is 14.9. The predicted molar refractivity (Wildman–Crippen MR) is 75.9 cm³/mol. The molecule has 3 N–H and O–H groups in total. The van der Waals surface area contributed by atoms with Crippen LogP contribution in [0.4, 0.5) is 9.52 Å². The van der Waals surface area contributed by atoms with Crippen LogP contribution >= 0.6 is 11.3 Å². The van der Waals surface area contributed by atoms with Gasteiger partial charge in [0.1, 0.15) is 11.6 Å². The number of primary amides is 1. The van der Waals surface area contributed by atoms with Crippen molar-refractivity contribution >= 4 is 28.3 Å². The fourth-order valence-corrected chi connectivity index (χ4v) is 2.35. The number of methoxy groups -OCH3 is 1. The first-order chi connectivity index (χ1) is 9.99. The third kappa shape index (κ3) is 3.76. The highest BCUT2D eigenvalue weighted by Gasteiger charge is 2.15. The second kappa shape index (κ2) is 6.31. The number of nitrogens with zero attached hydrogens (tertiary/aromatic N) is 1. The number of thiazole rings is 1. The Bertz CT molecular complexity index is 687. The molecule has 0 saturated carbocycles. The zero-order valence-electron chi connectivity index (χ0n) is 11.1. The van der Waals surface area contributed by atoms with Crippen LogP contribution in [0.1, 0.15) is 16.1 Å². The Balaban J connectivity index is 2.16. The molecular weight excluding hydrogens is 297 g/mol. The van der Waals surface area contributed by atoms with Crippen LogP contribution in [0.25, 0.3) is 0 Å². The lowest BCUT2D eigenvalue weighted by Crippen LogP contribution is -2.15. The maximum Gasteiger partial charge on any atom is 0.261 e. The van der Waals surface area contributed by atoms with E-state index in [-0.39, 0.29) is 17.7 Å². The number of halogens is 1. The maximum absolute atomic E-state index is 13.2. The van der Waals surface area contributed by atoms with Gasteiger partial charge in [0.25, 0.3) is 5.91 Å². The normalized spacial score (nSPS) is 10.2. The Morgan fingerprint density at radius 2 is 2.24 bits per heavy atom. The molecule has 110 valence electrons. The van der Waals surface area contributed by atoms with E-state index in [9.17, 15) is 14.0 Å². The average molecular weight is 309 g/mol. The standard InChI is InChI=1S/C13H12FN3O3S/c1-20-10-3-2-7(14)4-9(10)12(19)17-13-16-8(6-21-13)5-11(15)18/h2-4,6H,5H2,1H3,(H2,15,18)(H,16,17,19). The van der Waals surface area contributed by atoms with Gasteiger partial charge in [-0.25, -0.2) is 9.37 Å². The number of nitrogens with two attached hydrogens (primary N) is 1. The first-order valence-corrected chi connectivity index (χ1v) is 6.75. The van der Waals surface area contributed by atoms with E-state index in [0.29, 0.717) is 10.8 Å². The summed E-state index contributed by atoms with van der Waals surface area (Å²) in [5.74, 6) is -1.35. The van der Waals surface area contributed by atoms with Gasteiger partial charge in [-0.2, -0.15) is 0 Å². The van der Waals surface area contributed by atoms with Crippen molar-refractivity contribution in [3.63, 3.8) is 0 Å². The number of hydrogen-bond acceptors (Lipinski definition) is 5. The van der Waals surface area contributed by atoms with E-state index >= 15 is 0 Å². The van der Waals surface area contributed by atoms with Gasteiger partial charge in [-0.3, -0.25) is 14.9 Å². The van der Waals surface area contributed by atoms with Crippen molar-refractivity contribution in [3.8, 4) is 5.75 Å². The van der Waals surface area contributed by atoms with Crippen molar-refractivity contribution in [1.29, 1.82) is 0 Å². The van der Waals surface area contributed by atoms with Crippen molar-refractivity contribution in [3.05, 3.63) is 40.7 Å². The molecule has 0 saturated heterocycles. The van der Waals surface area contributed by atoms with Gasteiger partial charge in [0.05, 0.1) is 24.8 Å². The van der Waals surface area contributed by atoms with E-state index in [1.54, 1.807) is 5.38 Å². The zero-order chi connectivity index (χ0) is 15.4. The van der Waals surface area contributed by atoms with E-state index < -0.39 is 17.6 Å². The molecule has 2 aromatic rings. The molecule has 0 fully saturated rings. The molecule has 1 heterocycles. The van der Waals surface area contributed by atoms with Gasteiger partial charge in [-0.15, -0.1) is 11.3 Å². The Labute approximate surface area is 123 Å². The lowest BCUT2D eigenvalue weighted by molar-refractivity contribution is -0.117. The number of aromatic nitrogens is 1. The van der Waals surface area contributed by atoms with Crippen LogP contribution in [0, 0.1) is 5.82 Å². The largest absolute Gasteiger partial charge is 0.496 e. The molecule has 21 heavy (non-hydrogen) atoms. The molecule has 0 atom stereocenters. The van der Waals surface area contributed by atoms with Crippen LogP contribution in [0.2, 0.25) is 0 Å². The average Bonchev–Trinajstić information content (AvgIpc) is 2.85. The van der Waals surface area contributed by atoms with Crippen molar-refractivity contribution in [2.45, 2.75) is 6.42 Å². The van der Waals surface area contributed by atoms with Crippen LogP contribution < -0.4 is 15.8 Å². The second-order valence-corrected chi connectivity index (χ2v) is 4.94. The van der Waals surface area contributed by atoms with E-state index in [1.807, 2.05) is 0 Å². The summed E-state index contributed by atoms with van der Waals surface area (Å²) in [5, 5.41) is 4.43. The minimum absolute atomic E-state index is 0.00431. The molecule has 2 rings (SSSR count). The predicted octanol–water partition coefficient (Wildman–Crippen LogP) is 1.57. The number of benzene rings is 1. The molecule has 1 aromatic carbocycles. The molecule has 0 radical (unpaired) electrons. The maximum atomic E-state index is 13.2. The summed E-state index contributed by atoms with van der Waals surface area (Å²) >= 11 is 1.15. The second-order valence-electron chi connectivity index (χ2n) is 4.09. The Morgan fingerprint density at radius 1 is 1.48 bits per heavy atom. The number of ether oxygens (including phenoxy) is 1. The number of anilines is 1. The van der Waals surface area contributed by atoms with Crippen LogP contribution in [0.5, 0.6) is 5.75 Å². The van der Waals surface area contributed by atoms with E-state index in [4.69, 9.17) is 10.5 Å². The van der Waals surface area contributed by atoms with Crippen molar-refractivity contribution in [1.82, 2.24) is 4.98 Å². The van der Waals surface area contributed by atoms with E-state index in [0.717, 1.165) is 17.4 Å². The number of carbonyl (C=O) groups is 2. The van der Waals surface area contributed by atoms with Crippen LogP contribution in [0.3, 0.4) is 0 Å². The minimum Gasteiger partial charge on any atom is -0.496 e. The summed E-state index contributed by atoms with van der Waals surface area (Å²) in [7, 11) is 1.39. The number of nitrogens with one attached hydrogen (secondary N) is 1. The topological polar surface area (TPSA) is 94.3 Å². The first-order valence-electron chi connectivity index (χ1n) is 5.87. The lowest BCUT2D eigenvalue weighted by atomic mass is 10.2. The minimum atomic E-state index is -0.550. The van der Waals surface area contributed by atoms with Crippen molar-refractivity contribution in [2.75, 3.05) is 12.4 Å². The van der Waals surface area contributed by atoms with Crippen molar-refractivity contribution in [2.24, 2.45) is 5.73 Å². The van der Waals surface area contributed by atoms with Gasteiger partial charge in [0, 0.05) is 5.38 Å². The highest BCUT2D eigenvalue weighted by Crippen LogP contribution is 2.22. The highest BCUT2D eigenvalue weighted by atomic mass is 32.1. The Hall–Kier alpha value is -2.48. The van der Waals surface area contributed by atoms with E-state index in [2.05, 4.69) is 10.3 Å². The third-order valence-corrected chi connectivity index (χ3v) is 3.34. The van der Waals surface area contributed by atoms with Crippen LogP contribution in [0.15, 0.2) is 23.6 Å². The van der Waals surface area contributed by atoms with Gasteiger partial charge in [0.15, 0.2) is 5.13 Å². The number of carbonyl (C=O) groups excluding carboxylic acids is 2. The summed E-state index contributed by atoms with van der Waals surface area (Å²) in [6.45, 7) is 0. The highest BCUT2D eigenvalue weighted by molar-refractivity contribution is 7.14.